The minimum absolute atomic E-state index is 0.764. The largest absolute Gasteiger partial charge is 0.494 e. The third-order valence-electron chi connectivity index (χ3n) is 3.92. The molecule has 2 rings (SSSR count). The van der Waals surface area contributed by atoms with E-state index in [9.17, 15) is 0 Å². The van der Waals surface area contributed by atoms with E-state index >= 15 is 0 Å². The fourth-order valence-electron chi connectivity index (χ4n) is 2.91. The standard InChI is InChI=1S/C16H26N2O/c1-13(2)16-5-3-10-18(16)11-4-12-19-15-8-6-14(17)7-9-15/h6-9,13,16H,3-5,10-12,17H2,1-2H3. The SMILES string of the molecule is CC(C)C1CCCN1CCCOc1ccc(N)cc1. The van der Waals surface area contributed by atoms with Crippen LogP contribution >= 0.6 is 0 Å². The minimum atomic E-state index is 0.764. The third kappa shape index (κ3) is 4.13. The highest BCUT2D eigenvalue weighted by molar-refractivity contribution is 5.41. The zero-order valence-electron chi connectivity index (χ0n) is 12.1. The van der Waals surface area contributed by atoms with E-state index in [0.717, 1.165) is 43.0 Å². The van der Waals surface area contributed by atoms with Gasteiger partial charge in [-0.3, -0.25) is 0 Å². The summed E-state index contributed by atoms with van der Waals surface area (Å²) in [5.74, 6) is 1.68. The maximum Gasteiger partial charge on any atom is 0.119 e. The lowest BCUT2D eigenvalue weighted by atomic mass is 10.0. The summed E-state index contributed by atoms with van der Waals surface area (Å²) in [6.45, 7) is 7.84. The van der Waals surface area contributed by atoms with Gasteiger partial charge in [-0.1, -0.05) is 13.8 Å². The van der Waals surface area contributed by atoms with Crippen molar-refractivity contribution in [3.8, 4) is 5.75 Å². The highest BCUT2D eigenvalue weighted by atomic mass is 16.5. The summed E-state index contributed by atoms with van der Waals surface area (Å²) in [7, 11) is 0. The first-order valence-corrected chi connectivity index (χ1v) is 7.39. The molecule has 1 aliphatic rings. The predicted molar refractivity (Wildman–Crippen MR) is 80.4 cm³/mol. The Labute approximate surface area is 116 Å². The van der Waals surface area contributed by atoms with Crippen LogP contribution in [0.5, 0.6) is 5.75 Å². The second kappa shape index (κ2) is 6.80. The molecule has 1 fully saturated rings. The van der Waals surface area contributed by atoms with E-state index in [4.69, 9.17) is 10.5 Å². The Morgan fingerprint density at radius 3 is 2.74 bits per heavy atom. The maximum absolute atomic E-state index is 5.73. The Balaban J connectivity index is 1.68. The van der Waals surface area contributed by atoms with Gasteiger partial charge >= 0.3 is 0 Å². The van der Waals surface area contributed by atoms with Gasteiger partial charge in [0.25, 0.3) is 0 Å². The van der Waals surface area contributed by atoms with Crippen molar-refractivity contribution in [3.63, 3.8) is 0 Å². The van der Waals surface area contributed by atoms with E-state index in [2.05, 4.69) is 18.7 Å². The molecule has 1 aromatic rings. The van der Waals surface area contributed by atoms with E-state index < -0.39 is 0 Å². The molecular formula is C16H26N2O. The molecule has 0 amide bonds. The van der Waals surface area contributed by atoms with Gasteiger partial charge in [-0.2, -0.15) is 0 Å². The number of ether oxygens (including phenoxy) is 1. The summed E-state index contributed by atoms with van der Waals surface area (Å²) in [5.41, 5.74) is 6.43. The minimum Gasteiger partial charge on any atom is -0.494 e. The summed E-state index contributed by atoms with van der Waals surface area (Å²) in [5, 5.41) is 0. The number of rotatable bonds is 6. The molecule has 3 nitrogen and oxygen atoms in total. The van der Waals surface area contributed by atoms with Crippen molar-refractivity contribution in [2.75, 3.05) is 25.4 Å². The van der Waals surface area contributed by atoms with Gasteiger partial charge in [-0.05, 0) is 56.0 Å². The summed E-state index contributed by atoms with van der Waals surface area (Å²) in [6, 6.07) is 8.40. The summed E-state index contributed by atoms with van der Waals surface area (Å²) >= 11 is 0. The van der Waals surface area contributed by atoms with Crippen LogP contribution in [0, 0.1) is 5.92 Å². The lowest BCUT2D eigenvalue weighted by molar-refractivity contribution is 0.188. The molecular weight excluding hydrogens is 236 g/mol. The number of nitrogen functional groups attached to an aromatic ring is 1. The third-order valence-corrected chi connectivity index (χ3v) is 3.92. The van der Waals surface area contributed by atoms with Gasteiger partial charge in [0.1, 0.15) is 5.75 Å². The highest BCUT2D eigenvalue weighted by Crippen LogP contribution is 2.23. The summed E-state index contributed by atoms with van der Waals surface area (Å²) < 4.78 is 5.73. The van der Waals surface area contributed by atoms with Gasteiger partial charge in [0.2, 0.25) is 0 Å². The molecule has 1 aromatic carbocycles. The van der Waals surface area contributed by atoms with Gasteiger partial charge in [-0.25, -0.2) is 0 Å². The van der Waals surface area contributed by atoms with Crippen LogP contribution < -0.4 is 10.5 Å². The second-order valence-electron chi connectivity index (χ2n) is 5.76. The smallest absolute Gasteiger partial charge is 0.119 e. The zero-order valence-corrected chi connectivity index (χ0v) is 12.1. The Morgan fingerprint density at radius 2 is 2.05 bits per heavy atom. The fraction of sp³-hybridized carbons (Fsp3) is 0.625. The number of nitrogens with zero attached hydrogens (tertiary/aromatic N) is 1. The van der Waals surface area contributed by atoms with Gasteiger partial charge < -0.3 is 15.4 Å². The second-order valence-corrected chi connectivity index (χ2v) is 5.76. The molecule has 1 heterocycles. The first kappa shape index (κ1) is 14.2. The molecule has 0 radical (unpaired) electrons. The average Bonchev–Trinajstić information content (AvgIpc) is 2.85. The molecule has 0 spiro atoms. The van der Waals surface area contributed by atoms with Crippen LogP contribution in [0.4, 0.5) is 5.69 Å². The molecule has 19 heavy (non-hydrogen) atoms. The van der Waals surface area contributed by atoms with Gasteiger partial charge in [-0.15, -0.1) is 0 Å². The number of anilines is 1. The topological polar surface area (TPSA) is 38.5 Å². The van der Waals surface area contributed by atoms with Gasteiger partial charge in [0.05, 0.1) is 6.61 Å². The number of likely N-dealkylation sites (tertiary alicyclic amines) is 1. The predicted octanol–water partition coefficient (Wildman–Crippen LogP) is 3.16. The van der Waals surface area contributed by atoms with E-state index in [0.29, 0.717) is 0 Å². The number of hydrogen-bond acceptors (Lipinski definition) is 3. The van der Waals surface area contributed by atoms with Crippen LogP contribution in [0.1, 0.15) is 33.1 Å². The first-order valence-electron chi connectivity index (χ1n) is 7.39. The van der Waals surface area contributed by atoms with E-state index in [1.54, 1.807) is 0 Å². The molecule has 0 bridgehead atoms. The maximum atomic E-state index is 5.73. The van der Waals surface area contributed by atoms with Gasteiger partial charge in [0, 0.05) is 18.3 Å². The monoisotopic (exact) mass is 262 g/mol. The van der Waals surface area contributed by atoms with Crippen molar-refractivity contribution >= 4 is 5.69 Å². The highest BCUT2D eigenvalue weighted by Gasteiger charge is 2.26. The number of hydrogen-bond donors (Lipinski definition) is 1. The normalized spacial score (nSPS) is 20.1. The Morgan fingerprint density at radius 1 is 1.32 bits per heavy atom. The molecule has 1 saturated heterocycles. The first-order chi connectivity index (χ1) is 9.16. The van der Waals surface area contributed by atoms with E-state index in [1.807, 2.05) is 24.3 Å². The van der Waals surface area contributed by atoms with E-state index in [-0.39, 0.29) is 0 Å². The Bertz CT molecular complexity index is 375. The average molecular weight is 262 g/mol. The van der Waals surface area contributed by atoms with Crippen molar-refractivity contribution in [1.82, 2.24) is 4.90 Å². The molecule has 3 heteroatoms. The summed E-state index contributed by atoms with van der Waals surface area (Å²) in [4.78, 5) is 2.62. The molecule has 1 unspecified atom stereocenters. The number of nitrogens with two attached hydrogens (primary N) is 1. The van der Waals surface area contributed by atoms with Crippen LogP contribution in [0.2, 0.25) is 0 Å². The van der Waals surface area contributed by atoms with Crippen molar-refractivity contribution in [2.24, 2.45) is 5.92 Å². The van der Waals surface area contributed by atoms with Crippen LogP contribution in [0.3, 0.4) is 0 Å². The van der Waals surface area contributed by atoms with Crippen molar-refractivity contribution in [2.45, 2.75) is 39.2 Å². The van der Waals surface area contributed by atoms with Crippen LogP contribution in [-0.4, -0.2) is 30.6 Å². The van der Waals surface area contributed by atoms with Crippen LogP contribution in [0.15, 0.2) is 24.3 Å². The molecule has 0 aromatic heterocycles. The lowest BCUT2D eigenvalue weighted by Crippen LogP contribution is -2.34. The fourth-order valence-corrected chi connectivity index (χ4v) is 2.91. The van der Waals surface area contributed by atoms with Crippen LogP contribution in [0.25, 0.3) is 0 Å². The van der Waals surface area contributed by atoms with Gasteiger partial charge in [0.15, 0.2) is 0 Å². The molecule has 1 aliphatic heterocycles. The van der Waals surface area contributed by atoms with Crippen LogP contribution in [-0.2, 0) is 0 Å². The van der Waals surface area contributed by atoms with Crippen molar-refractivity contribution in [1.29, 1.82) is 0 Å². The van der Waals surface area contributed by atoms with Crippen molar-refractivity contribution in [3.05, 3.63) is 24.3 Å². The quantitative estimate of drug-likeness (QED) is 0.632. The molecule has 0 saturated carbocycles. The Kier molecular flexibility index (Phi) is 5.08. The Hall–Kier alpha value is -1.22. The molecule has 2 N–H and O–H groups in total. The summed E-state index contributed by atoms with van der Waals surface area (Å²) in [6.07, 6.45) is 3.80. The lowest BCUT2D eigenvalue weighted by Gasteiger charge is -2.27. The zero-order chi connectivity index (χ0) is 13.7. The van der Waals surface area contributed by atoms with E-state index in [1.165, 1.54) is 19.4 Å². The van der Waals surface area contributed by atoms with Crippen molar-refractivity contribution < 1.29 is 4.74 Å². The molecule has 0 aliphatic carbocycles. The number of benzene rings is 1. The molecule has 1 atom stereocenters. The molecule has 106 valence electrons.